The predicted molar refractivity (Wildman–Crippen MR) is 109 cm³/mol. The molecule has 2 heterocycles. The molecular formula is C21H27F5N4O3. The lowest BCUT2D eigenvalue weighted by atomic mass is 10.1. The highest BCUT2D eigenvalue weighted by molar-refractivity contribution is 5.86. The first-order chi connectivity index (χ1) is 15.1. The topological polar surface area (TPSA) is 81.4 Å². The van der Waals surface area contributed by atoms with Gasteiger partial charge in [-0.1, -0.05) is 11.6 Å². The number of carbonyl (C=O) groups excluding carboxylic acids is 1. The molecule has 33 heavy (non-hydrogen) atoms. The van der Waals surface area contributed by atoms with Crippen LogP contribution in [0.15, 0.2) is 16.8 Å². The average molecular weight is 478 g/mol. The second kappa shape index (κ2) is 10.0. The van der Waals surface area contributed by atoms with Crippen LogP contribution in [0.4, 0.5) is 32.6 Å². The van der Waals surface area contributed by atoms with Crippen molar-refractivity contribution in [2.24, 2.45) is 0 Å². The smallest absolute Gasteiger partial charge is 0.427 e. The molecule has 1 amide bonds. The molecule has 2 aromatic heterocycles. The molecule has 7 nitrogen and oxygen atoms in total. The summed E-state index contributed by atoms with van der Waals surface area (Å²) >= 11 is 0. The first-order valence-electron chi connectivity index (χ1n) is 10.3. The molecule has 0 spiro atoms. The normalized spacial score (nSPS) is 12.7. The van der Waals surface area contributed by atoms with Crippen LogP contribution in [0.2, 0.25) is 0 Å². The zero-order valence-electron chi connectivity index (χ0n) is 19.1. The molecule has 0 N–H and O–H groups in total. The van der Waals surface area contributed by atoms with Crippen molar-refractivity contribution in [1.82, 2.24) is 15.1 Å². The van der Waals surface area contributed by atoms with Gasteiger partial charge in [-0.2, -0.15) is 18.2 Å². The highest BCUT2D eigenvalue weighted by Gasteiger charge is 2.51. The maximum Gasteiger partial charge on any atom is 0.427 e. The number of unbranched alkanes of at least 4 members (excludes halogenated alkanes) is 2. The number of nitrogens with zero attached hydrogens (tertiary/aromatic N) is 4. The van der Waals surface area contributed by atoms with E-state index in [2.05, 4.69) is 15.1 Å². The van der Waals surface area contributed by atoms with Crippen molar-refractivity contribution in [2.75, 3.05) is 11.4 Å². The van der Waals surface area contributed by atoms with Gasteiger partial charge < -0.3 is 9.26 Å². The van der Waals surface area contributed by atoms with Crippen molar-refractivity contribution >= 4 is 11.9 Å². The molecule has 0 fully saturated rings. The van der Waals surface area contributed by atoms with Crippen LogP contribution in [0.25, 0.3) is 0 Å². The monoisotopic (exact) mass is 478 g/mol. The molecule has 0 aliphatic heterocycles. The Morgan fingerprint density at radius 3 is 2.33 bits per heavy atom. The maximum absolute atomic E-state index is 13.8. The van der Waals surface area contributed by atoms with Crippen molar-refractivity contribution in [3.63, 3.8) is 0 Å². The molecule has 0 aliphatic carbocycles. The third-order valence-corrected chi connectivity index (χ3v) is 4.81. The van der Waals surface area contributed by atoms with Gasteiger partial charge in [-0.3, -0.25) is 4.90 Å². The molecule has 0 saturated carbocycles. The minimum atomic E-state index is -4.78. The van der Waals surface area contributed by atoms with Gasteiger partial charge in [-0.15, -0.1) is 0 Å². The number of pyridine rings is 1. The lowest BCUT2D eigenvalue weighted by Gasteiger charge is -2.31. The van der Waals surface area contributed by atoms with E-state index in [-0.39, 0.29) is 23.8 Å². The number of alkyl halides is 4. The molecular weight excluding hydrogens is 451 g/mol. The minimum Gasteiger partial charge on any atom is -0.433 e. The Labute approximate surface area is 188 Å². The fourth-order valence-corrected chi connectivity index (χ4v) is 2.63. The zero-order valence-corrected chi connectivity index (χ0v) is 19.1. The third-order valence-electron chi connectivity index (χ3n) is 4.81. The summed E-state index contributed by atoms with van der Waals surface area (Å²) in [6, 6.07) is 1.26. The number of anilines is 1. The number of aromatic nitrogens is 3. The Balaban J connectivity index is 2.02. The number of amides is 1. The molecule has 0 aliphatic rings. The summed E-state index contributed by atoms with van der Waals surface area (Å²) in [6.45, 7) is 5.50. The summed E-state index contributed by atoms with van der Waals surface area (Å²) in [5, 5.41) is 3.71. The van der Waals surface area contributed by atoms with Gasteiger partial charge in [0.05, 0.1) is 6.20 Å². The predicted octanol–water partition coefficient (Wildman–Crippen LogP) is 5.81. The standard InChI is InChI=1S/C21H27F5N4O3/c1-13-11-16(27-12-14(13)22)30(18(31)32-20(4,5)21(24,25)26)10-8-6-7-9-15-28-17(33-29-15)19(2,3)23/h11-12H,6-10H2,1-5H3. The largest absolute Gasteiger partial charge is 0.433 e. The van der Waals surface area contributed by atoms with Crippen molar-refractivity contribution in [3.05, 3.63) is 35.4 Å². The van der Waals surface area contributed by atoms with Crippen LogP contribution in [0, 0.1) is 12.7 Å². The van der Waals surface area contributed by atoms with Crippen molar-refractivity contribution in [2.45, 2.75) is 77.7 Å². The Morgan fingerprint density at radius 2 is 1.79 bits per heavy atom. The molecule has 184 valence electrons. The van der Waals surface area contributed by atoms with Crippen LogP contribution < -0.4 is 4.90 Å². The first-order valence-corrected chi connectivity index (χ1v) is 10.3. The van der Waals surface area contributed by atoms with Crippen LogP contribution >= 0.6 is 0 Å². The van der Waals surface area contributed by atoms with Crippen LogP contribution in [-0.2, 0) is 16.8 Å². The molecule has 0 bridgehead atoms. The summed E-state index contributed by atoms with van der Waals surface area (Å²) in [5.41, 5.74) is -4.30. The summed E-state index contributed by atoms with van der Waals surface area (Å²) < 4.78 is 76.5. The van der Waals surface area contributed by atoms with Crippen LogP contribution in [0.3, 0.4) is 0 Å². The van der Waals surface area contributed by atoms with Gasteiger partial charge in [-0.25, -0.2) is 18.6 Å². The second-order valence-corrected chi connectivity index (χ2v) is 8.62. The van der Waals surface area contributed by atoms with E-state index < -0.39 is 29.4 Å². The van der Waals surface area contributed by atoms with Crippen molar-refractivity contribution < 1.29 is 36.0 Å². The average Bonchev–Trinajstić information content (AvgIpc) is 3.15. The highest BCUT2D eigenvalue weighted by Crippen LogP contribution is 2.34. The molecule has 0 aromatic carbocycles. The Hall–Kier alpha value is -2.79. The minimum absolute atomic E-state index is 0.0140. The van der Waals surface area contributed by atoms with E-state index in [0.717, 1.165) is 24.9 Å². The molecule has 0 radical (unpaired) electrons. The van der Waals surface area contributed by atoms with Crippen LogP contribution in [0.1, 0.15) is 64.2 Å². The van der Waals surface area contributed by atoms with Crippen molar-refractivity contribution in [1.29, 1.82) is 0 Å². The number of halogens is 5. The van der Waals surface area contributed by atoms with E-state index in [1.165, 1.54) is 26.8 Å². The summed E-state index contributed by atoms with van der Waals surface area (Å²) in [4.78, 5) is 21.3. The highest BCUT2D eigenvalue weighted by atomic mass is 19.4. The summed E-state index contributed by atoms with van der Waals surface area (Å²) in [5.74, 6) is -0.435. The Bertz CT molecular complexity index is 954. The van der Waals surface area contributed by atoms with E-state index in [0.29, 0.717) is 31.5 Å². The Morgan fingerprint density at radius 1 is 1.12 bits per heavy atom. The van der Waals surface area contributed by atoms with Gasteiger partial charge in [-0.05, 0) is 59.1 Å². The first kappa shape index (κ1) is 26.5. The fraction of sp³-hybridized carbons (Fsp3) is 0.619. The van der Waals surface area contributed by atoms with E-state index >= 15 is 0 Å². The fourth-order valence-electron chi connectivity index (χ4n) is 2.63. The Kier molecular flexibility index (Phi) is 8.02. The van der Waals surface area contributed by atoms with Gasteiger partial charge in [0, 0.05) is 13.0 Å². The molecule has 2 aromatic rings. The lowest BCUT2D eigenvalue weighted by Crippen LogP contribution is -2.47. The van der Waals surface area contributed by atoms with Gasteiger partial charge >= 0.3 is 12.3 Å². The van der Waals surface area contributed by atoms with Gasteiger partial charge in [0.2, 0.25) is 5.60 Å². The number of hydrogen-bond donors (Lipinski definition) is 0. The molecule has 0 atom stereocenters. The van der Waals surface area contributed by atoms with Gasteiger partial charge in [0.1, 0.15) is 11.6 Å². The second-order valence-electron chi connectivity index (χ2n) is 8.62. The SMILES string of the molecule is Cc1cc(N(CCCCCc2noc(C(C)(C)F)n2)C(=O)OC(C)(C)C(F)(F)F)ncc1F. The quantitative estimate of drug-likeness (QED) is 0.334. The number of aryl methyl sites for hydroxylation is 2. The number of carbonyl (C=O) groups is 1. The zero-order chi connectivity index (χ0) is 25.0. The molecule has 0 saturated heterocycles. The van der Waals surface area contributed by atoms with Crippen LogP contribution in [0.5, 0.6) is 0 Å². The van der Waals surface area contributed by atoms with Crippen LogP contribution in [-0.4, -0.2) is 39.5 Å². The third kappa shape index (κ3) is 7.10. The maximum atomic E-state index is 13.8. The van der Waals surface area contributed by atoms with Crippen molar-refractivity contribution in [3.8, 4) is 0 Å². The lowest BCUT2D eigenvalue weighted by molar-refractivity contribution is -0.243. The van der Waals surface area contributed by atoms with Gasteiger partial charge in [0.25, 0.3) is 5.89 Å². The molecule has 0 unspecified atom stereocenters. The number of ether oxygens (including phenoxy) is 1. The molecule has 12 heteroatoms. The number of rotatable bonds is 9. The van der Waals surface area contributed by atoms with E-state index in [9.17, 15) is 26.7 Å². The number of hydrogen-bond acceptors (Lipinski definition) is 6. The molecule has 2 rings (SSSR count). The van der Waals surface area contributed by atoms with E-state index in [4.69, 9.17) is 9.26 Å². The summed E-state index contributed by atoms with van der Waals surface area (Å²) in [7, 11) is 0. The van der Waals surface area contributed by atoms with Gasteiger partial charge in [0.15, 0.2) is 11.5 Å². The van der Waals surface area contributed by atoms with E-state index in [1.807, 2.05) is 0 Å². The van der Waals surface area contributed by atoms with E-state index in [1.54, 1.807) is 0 Å². The summed E-state index contributed by atoms with van der Waals surface area (Å²) in [6.07, 6.45) is -3.28.